The average molecular weight is 383 g/mol. The number of oxazole rings is 1. The molecule has 6 nitrogen and oxygen atoms in total. The number of carbonyl (C=O) groups is 1. The van der Waals surface area contributed by atoms with E-state index in [4.69, 9.17) is 16.0 Å². The molecule has 1 amide bonds. The van der Waals surface area contributed by atoms with Crippen molar-refractivity contribution in [2.45, 2.75) is 31.7 Å². The molecule has 1 atom stereocenters. The largest absolute Gasteiger partial charge is 0.443 e. The van der Waals surface area contributed by atoms with Gasteiger partial charge in [-0.3, -0.25) is 4.79 Å². The molecule has 1 aliphatic heterocycles. The van der Waals surface area contributed by atoms with E-state index in [0.29, 0.717) is 29.6 Å². The normalized spacial score (nSPS) is 17.1. The van der Waals surface area contributed by atoms with Gasteiger partial charge in [-0.15, -0.1) is 5.10 Å². The maximum atomic E-state index is 12.9. The van der Waals surface area contributed by atoms with Gasteiger partial charge >= 0.3 is 0 Å². The summed E-state index contributed by atoms with van der Waals surface area (Å²) in [5, 5.41) is 8.45. The molecule has 3 aromatic rings. The van der Waals surface area contributed by atoms with Crippen molar-refractivity contribution in [3.8, 4) is 0 Å². The highest BCUT2D eigenvalue weighted by Gasteiger charge is 2.32. The monoisotopic (exact) mass is 382 g/mol. The molecule has 27 heavy (non-hydrogen) atoms. The van der Waals surface area contributed by atoms with Crippen LogP contribution in [0.4, 0.5) is 0 Å². The van der Waals surface area contributed by atoms with Gasteiger partial charge in [-0.1, -0.05) is 23.7 Å². The zero-order chi connectivity index (χ0) is 18.6. The minimum atomic E-state index is -0.179. The lowest BCUT2D eigenvalue weighted by atomic mass is 10.0. The molecule has 4 rings (SSSR count). The van der Waals surface area contributed by atoms with Crippen LogP contribution in [0.3, 0.4) is 0 Å². The van der Waals surface area contributed by atoms with E-state index in [1.807, 2.05) is 24.3 Å². The first kappa shape index (κ1) is 17.7. The zero-order valence-corrected chi connectivity index (χ0v) is 15.5. The minimum absolute atomic E-state index is 0.137. The number of hydrogen-bond donors (Lipinski definition) is 0. The van der Waals surface area contributed by atoms with Crippen LogP contribution in [0.1, 0.15) is 53.0 Å². The molecule has 0 saturated carbocycles. The lowest BCUT2D eigenvalue weighted by Crippen LogP contribution is -2.39. The number of halogens is 1. The molecule has 1 aliphatic rings. The third-order valence-corrected chi connectivity index (χ3v) is 4.91. The molecule has 0 N–H and O–H groups in total. The molecule has 138 valence electrons. The molecule has 1 saturated heterocycles. The first-order valence-corrected chi connectivity index (χ1v) is 9.36. The molecule has 0 unspecified atom stereocenters. The summed E-state index contributed by atoms with van der Waals surface area (Å²) < 4.78 is 6.00. The van der Waals surface area contributed by atoms with E-state index in [1.165, 1.54) is 0 Å². The molecule has 2 aromatic heterocycles. The van der Waals surface area contributed by atoms with Crippen molar-refractivity contribution in [3.63, 3.8) is 0 Å². The van der Waals surface area contributed by atoms with Gasteiger partial charge in [0.1, 0.15) is 11.8 Å². The van der Waals surface area contributed by atoms with E-state index in [0.717, 1.165) is 30.6 Å². The van der Waals surface area contributed by atoms with E-state index in [-0.39, 0.29) is 11.9 Å². The van der Waals surface area contributed by atoms with Crippen molar-refractivity contribution in [3.05, 3.63) is 76.7 Å². The van der Waals surface area contributed by atoms with Gasteiger partial charge in [-0.05, 0) is 49.1 Å². The van der Waals surface area contributed by atoms with Crippen molar-refractivity contribution in [2.75, 3.05) is 6.54 Å². The van der Waals surface area contributed by atoms with E-state index < -0.39 is 0 Å². The van der Waals surface area contributed by atoms with Crippen LogP contribution < -0.4 is 0 Å². The highest BCUT2D eigenvalue weighted by atomic mass is 35.5. The number of likely N-dealkylation sites (tertiary alicyclic amines) is 1. The molecule has 0 aliphatic carbocycles. The topological polar surface area (TPSA) is 72.1 Å². The van der Waals surface area contributed by atoms with Crippen LogP contribution in [0.2, 0.25) is 5.02 Å². The SMILES string of the molecule is O=C(c1cccnn1)N1CCCC[C@H]1c1ncc(Cc2cccc(Cl)c2)o1. The number of nitrogens with zero attached hydrogens (tertiary/aromatic N) is 4. The van der Waals surface area contributed by atoms with Crippen LogP contribution >= 0.6 is 11.6 Å². The predicted octanol–water partition coefficient (Wildman–Crippen LogP) is 4.08. The Morgan fingerprint density at radius 1 is 1.26 bits per heavy atom. The first-order chi connectivity index (χ1) is 13.2. The molecule has 7 heteroatoms. The van der Waals surface area contributed by atoms with Crippen molar-refractivity contribution in [1.82, 2.24) is 20.1 Å². The molecular weight excluding hydrogens is 364 g/mol. The fourth-order valence-corrected chi connectivity index (χ4v) is 3.61. The Labute approximate surface area is 162 Å². The number of hydrogen-bond acceptors (Lipinski definition) is 5. The van der Waals surface area contributed by atoms with Gasteiger partial charge in [0.15, 0.2) is 5.69 Å². The predicted molar refractivity (Wildman–Crippen MR) is 100 cm³/mol. The number of benzene rings is 1. The molecule has 1 aromatic carbocycles. The second kappa shape index (κ2) is 7.88. The van der Waals surface area contributed by atoms with Crippen LogP contribution in [0, 0.1) is 0 Å². The molecule has 0 spiro atoms. The Kier molecular flexibility index (Phi) is 5.16. The summed E-state index contributed by atoms with van der Waals surface area (Å²) in [5.74, 6) is 1.19. The Morgan fingerprint density at radius 2 is 2.19 bits per heavy atom. The lowest BCUT2D eigenvalue weighted by Gasteiger charge is -2.33. The highest BCUT2D eigenvalue weighted by Crippen LogP contribution is 2.32. The number of carbonyl (C=O) groups excluding carboxylic acids is 1. The number of rotatable bonds is 4. The van der Waals surface area contributed by atoms with E-state index in [9.17, 15) is 4.79 Å². The summed E-state index contributed by atoms with van der Waals surface area (Å²) in [6.07, 6.45) is 6.71. The molecule has 0 radical (unpaired) electrons. The Morgan fingerprint density at radius 3 is 3.00 bits per heavy atom. The fraction of sp³-hybridized carbons (Fsp3) is 0.300. The third kappa shape index (κ3) is 4.01. The number of aromatic nitrogens is 3. The maximum absolute atomic E-state index is 12.9. The van der Waals surface area contributed by atoms with Crippen molar-refractivity contribution >= 4 is 17.5 Å². The van der Waals surface area contributed by atoms with Crippen LogP contribution in [-0.2, 0) is 6.42 Å². The summed E-state index contributed by atoms with van der Waals surface area (Å²) >= 11 is 6.05. The Bertz CT molecular complexity index is 928. The van der Waals surface area contributed by atoms with Crippen molar-refractivity contribution < 1.29 is 9.21 Å². The molecule has 0 bridgehead atoms. The lowest BCUT2D eigenvalue weighted by molar-refractivity contribution is 0.0562. The average Bonchev–Trinajstić information content (AvgIpc) is 3.16. The minimum Gasteiger partial charge on any atom is -0.443 e. The standard InChI is InChI=1S/C20H19ClN4O2/c21-15-6-3-5-14(11-15)12-16-13-22-19(27-16)18-8-1-2-10-25(18)20(26)17-7-4-9-23-24-17/h3-7,9,11,13,18H,1-2,8,10,12H2/t18-/m0/s1. The summed E-state index contributed by atoms with van der Waals surface area (Å²) in [7, 11) is 0. The second-order valence-corrected chi connectivity index (χ2v) is 7.03. The molecule has 3 heterocycles. The van der Waals surface area contributed by atoms with Gasteiger partial charge in [0.05, 0.1) is 6.20 Å². The molecule has 1 fully saturated rings. The zero-order valence-electron chi connectivity index (χ0n) is 14.7. The van der Waals surface area contributed by atoms with Gasteiger partial charge in [-0.25, -0.2) is 4.98 Å². The summed E-state index contributed by atoms with van der Waals surface area (Å²) in [5.41, 5.74) is 1.40. The van der Waals surface area contributed by atoms with Crippen LogP contribution in [0.5, 0.6) is 0 Å². The van der Waals surface area contributed by atoms with E-state index in [2.05, 4.69) is 15.2 Å². The summed E-state index contributed by atoms with van der Waals surface area (Å²) in [4.78, 5) is 19.1. The van der Waals surface area contributed by atoms with Crippen molar-refractivity contribution in [1.29, 1.82) is 0 Å². The summed E-state index contributed by atoms with van der Waals surface area (Å²) in [6, 6.07) is 10.9. The van der Waals surface area contributed by atoms with E-state index >= 15 is 0 Å². The highest BCUT2D eigenvalue weighted by molar-refractivity contribution is 6.30. The third-order valence-electron chi connectivity index (χ3n) is 4.68. The van der Waals surface area contributed by atoms with E-state index in [1.54, 1.807) is 29.4 Å². The quantitative estimate of drug-likeness (QED) is 0.679. The van der Waals surface area contributed by atoms with Crippen molar-refractivity contribution in [2.24, 2.45) is 0 Å². The number of piperidine rings is 1. The van der Waals surface area contributed by atoms with Crippen LogP contribution in [-0.4, -0.2) is 32.5 Å². The first-order valence-electron chi connectivity index (χ1n) is 8.98. The van der Waals surface area contributed by atoms with Crippen LogP contribution in [0.15, 0.2) is 53.2 Å². The second-order valence-electron chi connectivity index (χ2n) is 6.59. The fourth-order valence-electron chi connectivity index (χ4n) is 3.40. The van der Waals surface area contributed by atoms with Gasteiger partial charge in [0, 0.05) is 24.2 Å². The van der Waals surface area contributed by atoms with Gasteiger partial charge in [-0.2, -0.15) is 5.10 Å². The Hall–Kier alpha value is -2.73. The van der Waals surface area contributed by atoms with Gasteiger partial charge in [0.25, 0.3) is 5.91 Å². The maximum Gasteiger partial charge on any atom is 0.275 e. The smallest absolute Gasteiger partial charge is 0.275 e. The van der Waals surface area contributed by atoms with Gasteiger partial charge in [0.2, 0.25) is 5.89 Å². The number of amides is 1. The Balaban J connectivity index is 1.54. The summed E-state index contributed by atoms with van der Waals surface area (Å²) in [6.45, 7) is 0.659. The van der Waals surface area contributed by atoms with Gasteiger partial charge < -0.3 is 9.32 Å². The van der Waals surface area contributed by atoms with Crippen LogP contribution in [0.25, 0.3) is 0 Å². The molecular formula is C20H19ClN4O2.